The van der Waals surface area contributed by atoms with Gasteiger partial charge in [-0.2, -0.15) is 0 Å². The van der Waals surface area contributed by atoms with Crippen LogP contribution in [0.3, 0.4) is 0 Å². The number of nitrogens with zero attached hydrogens (tertiary/aromatic N) is 2. The number of halogens is 1. The van der Waals surface area contributed by atoms with Crippen molar-refractivity contribution < 1.29 is 28.5 Å². The fraction of sp³-hybridized carbons (Fsp3) is 0.680. The van der Waals surface area contributed by atoms with Crippen LogP contribution in [0.15, 0.2) is 12.1 Å². The number of nitrogens with one attached hydrogen (secondary N) is 1. The molecule has 0 saturated carbocycles. The van der Waals surface area contributed by atoms with Gasteiger partial charge < -0.3 is 39.8 Å². The largest absolute Gasteiger partial charge is 0.496 e. The molecule has 1 aromatic rings. The second-order valence-electron chi connectivity index (χ2n) is 9.61. The Balaban J connectivity index is 1.22. The standard InChI is InChI=1S/C25H37ClN4O6/c1-33-21-15-19(27)18(26)14-17(21)24(32)28-20-5-9-29(16-22(20)34-2)8-3-4-23(31)30-10-6-25(7-11-30)35-12-13-36-25/h14-15,20,22H,3-13,16,27H2,1-2H3,(H,28,32). The summed E-state index contributed by atoms with van der Waals surface area (Å²) in [6.45, 7) is 4.92. The number of anilines is 1. The van der Waals surface area contributed by atoms with E-state index in [1.165, 1.54) is 13.2 Å². The van der Waals surface area contributed by atoms with Crippen molar-refractivity contribution in [2.45, 2.75) is 50.0 Å². The second kappa shape index (κ2) is 12.0. The van der Waals surface area contributed by atoms with Crippen molar-refractivity contribution in [1.29, 1.82) is 0 Å². The highest BCUT2D eigenvalue weighted by Crippen LogP contribution is 2.32. The van der Waals surface area contributed by atoms with Crippen LogP contribution < -0.4 is 15.8 Å². The quantitative estimate of drug-likeness (QED) is 0.495. The molecule has 3 saturated heterocycles. The van der Waals surface area contributed by atoms with Crippen LogP contribution in [0.5, 0.6) is 5.75 Å². The summed E-state index contributed by atoms with van der Waals surface area (Å²) >= 11 is 6.12. The van der Waals surface area contributed by atoms with Gasteiger partial charge in [0.2, 0.25) is 5.91 Å². The van der Waals surface area contributed by atoms with Gasteiger partial charge in [0.15, 0.2) is 5.79 Å². The summed E-state index contributed by atoms with van der Waals surface area (Å²) in [5, 5.41) is 3.37. The predicted molar refractivity (Wildman–Crippen MR) is 135 cm³/mol. The number of methoxy groups -OCH3 is 2. The maximum atomic E-state index is 13.0. The lowest BCUT2D eigenvalue weighted by Gasteiger charge is -2.39. The van der Waals surface area contributed by atoms with Gasteiger partial charge in [0.1, 0.15) is 5.75 Å². The summed E-state index contributed by atoms with van der Waals surface area (Å²) in [6, 6.07) is 2.92. The van der Waals surface area contributed by atoms with Crippen molar-refractivity contribution in [2.75, 3.05) is 65.9 Å². The zero-order chi connectivity index (χ0) is 25.7. The zero-order valence-corrected chi connectivity index (χ0v) is 21.8. The first-order valence-corrected chi connectivity index (χ1v) is 13.0. The lowest BCUT2D eigenvalue weighted by Crippen LogP contribution is -2.55. The Kier molecular flexibility index (Phi) is 8.95. The molecule has 36 heavy (non-hydrogen) atoms. The highest BCUT2D eigenvalue weighted by Gasteiger charge is 2.40. The Morgan fingerprint density at radius 3 is 2.58 bits per heavy atom. The molecule has 0 aliphatic carbocycles. The molecule has 3 fully saturated rings. The molecular weight excluding hydrogens is 488 g/mol. The number of nitrogen functional groups attached to an aromatic ring is 1. The molecule has 11 heteroatoms. The second-order valence-corrected chi connectivity index (χ2v) is 10.0. The third-order valence-corrected chi connectivity index (χ3v) is 7.71. The molecular formula is C25H37ClN4O6. The van der Waals surface area contributed by atoms with E-state index < -0.39 is 5.79 Å². The maximum absolute atomic E-state index is 13.0. The van der Waals surface area contributed by atoms with Crippen LogP contribution in [0.2, 0.25) is 5.02 Å². The Morgan fingerprint density at radius 2 is 1.92 bits per heavy atom. The molecule has 0 radical (unpaired) electrons. The molecule has 1 aromatic carbocycles. The van der Waals surface area contributed by atoms with E-state index in [1.54, 1.807) is 13.2 Å². The summed E-state index contributed by atoms with van der Waals surface area (Å²) in [4.78, 5) is 29.9. The molecule has 3 aliphatic rings. The van der Waals surface area contributed by atoms with Gasteiger partial charge in [-0.05, 0) is 25.5 Å². The van der Waals surface area contributed by atoms with E-state index in [2.05, 4.69) is 10.2 Å². The molecule has 3 N–H and O–H groups in total. The number of likely N-dealkylation sites (tertiary alicyclic amines) is 2. The number of hydrogen-bond donors (Lipinski definition) is 2. The minimum absolute atomic E-state index is 0.151. The fourth-order valence-corrected chi connectivity index (χ4v) is 5.41. The Hall–Kier alpha value is -2.11. The summed E-state index contributed by atoms with van der Waals surface area (Å²) in [5.74, 6) is -0.185. The average Bonchev–Trinajstić information content (AvgIpc) is 3.34. The number of carbonyl (C=O) groups is 2. The SMILES string of the molecule is COc1cc(N)c(Cl)cc1C(=O)NC1CCN(CCCC(=O)N2CCC3(CC2)OCCO3)CC1OC. The molecule has 1 spiro atoms. The van der Waals surface area contributed by atoms with E-state index in [0.29, 0.717) is 61.3 Å². The van der Waals surface area contributed by atoms with Crippen LogP contribution in [-0.2, 0) is 19.0 Å². The van der Waals surface area contributed by atoms with Crippen molar-refractivity contribution in [1.82, 2.24) is 15.1 Å². The topological polar surface area (TPSA) is 116 Å². The Morgan fingerprint density at radius 1 is 1.19 bits per heavy atom. The van der Waals surface area contributed by atoms with Gasteiger partial charge in [-0.15, -0.1) is 0 Å². The van der Waals surface area contributed by atoms with Gasteiger partial charge in [0.25, 0.3) is 5.91 Å². The first kappa shape index (κ1) is 26.9. The molecule has 0 aromatic heterocycles. The van der Waals surface area contributed by atoms with Gasteiger partial charge in [-0.1, -0.05) is 11.6 Å². The van der Waals surface area contributed by atoms with Crippen molar-refractivity contribution in [3.05, 3.63) is 22.7 Å². The molecule has 2 amide bonds. The van der Waals surface area contributed by atoms with E-state index >= 15 is 0 Å². The van der Waals surface area contributed by atoms with Crippen molar-refractivity contribution in [3.63, 3.8) is 0 Å². The van der Waals surface area contributed by atoms with Crippen LogP contribution in [0.25, 0.3) is 0 Å². The minimum Gasteiger partial charge on any atom is -0.496 e. The number of piperidine rings is 2. The smallest absolute Gasteiger partial charge is 0.255 e. The van der Waals surface area contributed by atoms with E-state index in [1.807, 2.05) is 4.90 Å². The number of hydrogen-bond acceptors (Lipinski definition) is 8. The molecule has 10 nitrogen and oxygen atoms in total. The van der Waals surface area contributed by atoms with Gasteiger partial charge in [-0.25, -0.2) is 0 Å². The first-order valence-electron chi connectivity index (χ1n) is 12.6. The van der Waals surface area contributed by atoms with Gasteiger partial charge in [0, 0.05) is 58.6 Å². The number of carbonyl (C=O) groups excluding carboxylic acids is 2. The number of rotatable bonds is 8. The molecule has 3 aliphatic heterocycles. The monoisotopic (exact) mass is 524 g/mol. The number of amides is 2. The lowest BCUT2D eigenvalue weighted by atomic mass is 10.00. The Labute approximate surface area is 217 Å². The van der Waals surface area contributed by atoms with E-state index in [0.717, 1.165) is 38.8 Å². The maximum Gasteiger partial charge on any atom is 0.255 e. The number of nitrogens with two attached hydrogens (primary N) is 1. The van der Waals surface area contributed by atoms with Crippen molar-refractivity contribution in [2.24, 2.45) is 0 Å². The number of benzene rings is 1. The third-order valence-electron chi connectivity index (χ3n) is 7.38. The van der Waals surface area contributed by atoms with E-state index in [9.17, 15) is 9.59 Å². The van der Waals surface area contributed by atoms with Crippen LogP contribution >= 0.6 is 11.6 Å². The molecule has 0 bridgehead atoms. The summed E-state index contributed by atoms with van der Waals surface area (Å²) < 4.78 is 22.5. The summed E-state index contributed by atoms with van der Waals surface area (Å²) in [7, 11) is 3.14. The Bertz CT molecular complexity index is 931. The van der Waals surface area contributed by atoms with Gasteiger partial charge in [0.05, 0.1) is 48.7 Å². The van der Waals surface area contributed by atoms with Gasteiger partial charge in [-0.3, -0.25) is 9.59 Å². The van der Waals surface area contributed by atoms with Crippen molar-refractivity contribution in [3.8, 4) is 5.75 Å². The van der Waals surface area contributed by atoms with Crippen LogP contribution in [-0.4, -0.2) is 99.7 Å². The van der Waals surface area contributed by atoms with E-state index in [-0.39, 0.29) is 24.0 Å². The van der Waals surface area contributed by atoms with Crippen LogP contribution in [0, 0.1) is 0 Å². The molecule has 200 valence electrons. The minimum atomic E-state index is -0.461. The third kappa shape index (κ3) is 6.23. The molecule has 2 unspecified atom stereocenters. The lowest BCUT2D eigenvalue weighted by molar-refractivity contribution is -0.187. The highest BCUT2D eigenvalue weighted by molar-refractivity contribution is 6.33. The predicted octanol–water partition coefficient (Wildman–Crippen LogP) is 1.90. The van der Waals surface area contributed by atoms with Gasteiger partial charge >= 0.3 is 0 Å². The molecule has 4 rings (SSSR count). The average molecular weight is 525 g/mol. The van der Waals surface area contributed by atoms with Crippen LogP contribution in [0.4, 0.5) is 5.69 Å². The van der Waals surface area contributed by atoms with Crippen molar-refractivity contribution >= 4 is 29.1 Å². The molecule has 2 atom stereocenters. The zero-order valence-electron chi connectivity index (χ0n) is 21.1. The highest BCUT2D eigenvalue weighted by atomic mass is 35.5. The normalized spacial score (nSPS) is 24.1. The summed E-state index contributed by atoms with van der Waals surface area (Å²) in [6.07, 6.45) is 3.34. The van der Waals surface area contributed by atoms with Crippen LogP contribution in [0.1, 0.15) is 42.5 Å². The van der Waals surface area contributed by atoms with E-state index in [4.69, 9.17) is 36.3 Å². The molecule has 3 heterocycles. The number of ether oxygens (including phenoxy) is 4. The first-order chi connectivity index (χ1) is 17.3. The summed E-state index contributed by atoms with van der Waals surface area (Å²) in [5.41, 5.74) is 6.52. The fourth-order valence-electron chi connectivity index (χ4n) is 5.24.